The molecule has 0 bridgehead atoms. The normalized spacial score (nSPS) is 17.7. The van der Waals surface area contributed by atoms with Crippen molar-refractivity contribution in [2.75, 3.05) is 6.54 Å². The third kappa shape index (κ3) is 3.49. The third-order valence-corrected chi connectivity index (χ3v) is 3.77. The fraction of sp³-hybridized carbons (Fsp3) is 0.500. The standard InChI is InChI=1S/C16H22N4O/c17-10-4-9-15-18-16-14(8-5-11-20(16)19-15)21-12-13-6-2-1-3-7-13/h1-3,6-7,14H,4-5,8-12,17H2. The van der Waals surface area contributed by atoms with Crippen molar-refractivity contribution in [3.05, 3.63) is 47.5 Å². The second-order valence-electron chi connectivity index (χ2n) is 5.43. The Kier molecular flexibility index (Phi) is 4.62. The van der Waals surface area contributed by atoms with Crippen molar-refractivity contribution in [3.63, 3.8) is 0 Å². The van der Waals surface area contributed by atoms with Crippen molar-refractivity contribution >= 4 is 0 Å². The molecule has 112 valence electrons. The molecule has 0 fully saturated rings. The maximum absolute atomic E-state index is 6.07. The maximum atomic E-state index is 6.07. The monoisotopic (exact) mass is 286 g/mol. The Hall–Kier alpha value is -1.72. The van der Waals surface area contributed by atoms with Gasteiger partial charge >= 0.3 is 0 Å². The van der Waals surface area contributed by atoms with Gasteiger partial charge in [0.25, 0.3) is 0 Å². The number of aromatic nitrogens is 3. The lowest BCUT2D eigenvalue weighted by atomic mass is 10.1. The fourth-order valence-electron chi connectivity index (χ4n) is 2.66. The molecule has 21 heavy (non-hydrogen) atoms. The fourth-order valence-corrected chi connectivity index (χ4v) is 2.66. The highest BCUT2D eigenvalue weighted by Crippen LogP contribution is 2.27. The first-order valence-corrected chi connectivity index (χ1v) is 7.66. The Labute approximate surface area is 125 Å². The molecule has 1 aromatic heterocycles. The Morgan fingerprint density at radius 3 is 2.95 bits per heavy atom. The van der Waals surface area contributed by atoms with Gasteiger partial charge in [-0.05, 0) is 31.4 Å². The van der Waals surface area contributed by atoms with Crippen molar-refractivity contribution < 1.29 is 4.74 Å². The predicted molar refractivity (Wildman–Crippen MR) is 80.6 cm³/mol. The van der Waals surface area contributed by atoms with E-state index in [0.717, 1.165) is 43.9 Å². The van der Waals surface area contributed by atoms with Crippen LogP contribution in [0.25, 0.3) is 0 Å². The van der Waals surface area contributed by atoms with Gasteiger partial charge < -0.3 is 10.5 Å². The lowest BCUT2D eigenvalue weighted by Crippen LogP contribution is -2.19. The summed E-state index contributed by atoms with van der Waals surface area (Å²) in [6.45, 7) is 2.24. The van der Waals surface area contributed by atoms with E-state index in [9.17, 15) is 0 Å². The van der Waals surface area contributed by atoms with Crippen LogP contribution >= 0.6 is 0 Å². The number of benzene rings is 1. The van der Waals surface area contributed by atoms with Crippen molar-refractivity contribution in [2.45, 2.75) is 44.9 Å². The molecule has 0 amide bonds. The molecule has 2 N–H and O–H groups in total. The van der Waals surface area contributed by atoms with Crippen LogP contribution in [0.1, 0.15) is 42.6 Å². The highest BCUT2D eigenvalue weighted by Gasteiger charge is 2.24. The van der Waals surface area contributed by atoms with Gasteiger partial charge in [-0.25, -0.2) is 9.67 Å². The molecule has 5 nitrogen and oxygen atoms in total. The first-order valence-electron chi connectivity index (χ1n) is 7.66. The average molecular weight is 286 g/mol. The number of hydrogen-bond donors (Lipinski definition) is 1. The number of nitrogens with two attached hydrogens (primary N) is 1. The second kappa shape index (κ2) is 6.83. The molecule has 2 heterocycles. The molecule has 1 aliphatic heterocycles. The molecule has 0 aliphatic carbocycles. The van der Waals surface area contributed by atoms with Crippen molar-refractivity contribution in [2.24, 2.45) is 5.73 Å². The van der Waals surface area contributed by atoms with Gasteiger partial charge in [0, 0.05) is 13.0 Å². The van der Waals surface area contributed by atoms with Crippen LogP contribution in [0.3, 0.4) is 0 Å². The number of hydrogen-bond acceptors (Lipinski definition) is 4. The van der Waals surface area contributed by atoms with Crippen LogP contribution in [0.15, 0.2) is 30.3 Å². The highest BCUT2D eigenvalue weighted by atomic mass is 16.5. The Balaban J connectivity index is 1.66. The molecule has 0 saturated heterocycles. The second-order valence-corrected chi connectivity index (χ2v) is 5.43. The van der Waals surface area contributed by atoms with Gasteiger partial charge in [-0.2, -0.15) is 5.10 Å². The summed E-state index contributed by atoms with van der Waals surface area (Å²) in [6, 6.07) is 10.3. The summed E-state index contributed by atoms with van der Waals surface area (Å²) < 4.78 is 8.07. The first kappa shape index (κ1) is 14.2. The van der Waals surface area contributed by atoms with Crippen LogP contribution in [0.5, 0.6) is 0 Å². The molecular formula is C16H22N4O. The van der Waals surface area contributed by atoms with E-state index in [2.05, 4.69) is 22.2 Å². The summed E-state index contributed by atoms with van der Waals surface area (Å²) in [6.07, 6.45) is 3.94. The quantitative estimate of drug-likeness (QED) is 0.884. The number of fused-ring (bicyclic) bond motifs is 1. The number of ether oxygens (including phenoxy) is 1. The number of rotatable bonds is 6. The molecule has 1 atom stereocenters. The van der Waals surface area contributed by atoms with Crippen molar-refractivity contribution in [1.29, 1.82) is 0 Å². The minimum atomic E-state index is 0.0538. The zero-order valence-corrected chi connectivity index (χ0v) is 12.2. The smallest absolute Gasteiger partial charge is 0.156 e. The minimum absolute atomic E-state index is 0.0538. The molecule has 5 heteroatoms. The first-order chi connectivity index (χ1) is 10.4. The summed E-state index contributed by atoms with van der Waals surface area (Å²) in [5.74, 6) is 1.87. The molecule has 0 radical (unpaired) electrons. The lowest BCUT2D eigenvalue weighted by Gasteiger charge is -2.22. The minimum Gasteiger partial charge on any atom is -0.366 e. The Morgan fingerprint density at radius 2 is 2.14 bits per heavy atom. The Bertz CT molecular complexity index is 567. The molecule has 3 rings (SSSR count). The van der Waals surface area contributed by atoms with Crippen LogP contribution in [0, 0.1) is 0 Å². The summed E-state index contributed by atoms with van der Waals surface area (Å²) >= 11 is 0. The van der Waals surface area contributed by atoms with E-state index in [0.29, 0.717) is 13.2 Å². The van der Waals surface area contributed by atoms with Crippen LogP contribution < -0.4 is 5.73 Å². The maximum Gasteiger partial charge on any atom is 0.156 e. The van der Waals surface area contributed by atoms with Gasteiger partial charge in [-0.15, -0.1) is 0 Å². The van der Waals surface area contributed by atoms with Crippen LogP contribution in [0.2, 0.25) is 0 Å². The van der Waals surface area contributed by atoms with Crippen LogP contribution in [-0.4, -0.2) is 21.3 Å². The number of nitrogens with zero attached hydrogens (tertiary/aromatic N) is 3. The van der Waals surface area contributed by atoms with Gasteiger partial charge in [0.05, 0.1) is 6.61 Å². The van der Waals surface area contributed by atoms with E-state index in [1.165, 1.54) is 5.56 Å². The largest absolute Gasteiger partial charge is 0.366 e. The SMILES string of the molecule is NCCCc1nc2n(n1)CCCC2OCc1ccccc1. The molecule has 1 aromatic carbocycles. The van der Waals surface area contributed by atoms with Gasteiger partial charge in [0.15, 0.2) is 11.6 Å². The van der Waals surface area contributed by atoms with Gasteiger partial charge in [0.2, 0.25) is 0 Å². The highest BCUT2D eigenvalue weighted by molar-refractivity contribution is 5.13. The summed E-state index contributed by atoms with van der Waals surface area (Å²) in [5.41, 5.74) is 6.74. The number of aryl methyl sites for hydroxylation is 2. The van der Waals surface area contributed by atoms with Gasteiger partial charge in [-0.1, -0.05) is 30.3 Å². The van der Waals surface area contributed by atoms with Crippen LogP contribution in [-0.2, 0) is 24.3 Å². The predicted octanol–water partition coefficient (Wildman–Crippen LogP) is 2.22. The molecule has 0 saturated carbocycles. The summed E-state index contributed by atoms with van der Waals surface area (Å²) in [7, 11) is 0. The Morgan fingerprint density at radius 1 is 1.29 bits per heavy atom. The van der Waals surface area contributed by atoms with E-state index >= 15 is 0 Å². The zero-order chi connectivity index (χ0) is 14.5. The topological polar surface area (TPSA) is 66.0 Å². The summed E-state index contributed by atoms with van der Waals surface area (Å²) in [5, 5.41) is 4.56. The molecule has 0 spiro atoms. The van der Waals surface area contributed by atoms with E-state index in [4.69, 9.17) is 10.5 Å². The van der Waals surface area contributed by atoms with E-state index in [1.807, 2.05) is 22.9 Å². The van der Waals surface area contributed by atoms with Gasteiger partial charge in [-0.3, -0.25) is 0 Å². The summed E-state index contributed by atoms with van der Waals surface area (Å²) in [4.78, 5) is 4.65. The zero-order valence-electron chi connectivity index (χ0n) is 12.2. The molecule has 2 aromatic rings. The van der Waals surface area contributed by atoms with E-state index in [-0.39, 0.29) is 6.10 Å². The average Bonchev–Trinajstić information content (AvgIpc) is 2.95. The van der Waals surface area contributed by atoms with Crippen molar-refractivity contribution in [3.8, 4) is 0 Å². The third-order valence-electron chi connectivity index (χ3n) is 3.77. The van der Waals surface area contributed by atoms with Crippen molar-refractivity contribution in [1.82, 2.24) is 14.8 Å². The van der Waals surface area contributed by atoms with Crippen LogP contribution in [0.4, 0.5) is 0 Å². The van der Waals surface area contributed by atoms with Gasteiger partial charge in [0.1, 0.15) is 6.10 Å². The lowest BCUT2D eigenvalue weighted by molar-refractivity contribution is 0.0146. The molecule has 1 aliphatic rings. The van der Waals surface area contributed by atoms with E-state index < -0.39 is 0 Å². The molecule has 1 unspecified atom stereocenters. The van der Waals surface area contributed by atoms with E-state index in [1.54, 1.807) is 0 Å². The molecular weight excluding hydrogens is 264 g/mol.